The molecule has 0 bridgehead atoms. The van der Waals surface area contributed by atoms with E-state index in [4.69, 9.17) is 5.11 Å². The number of carbonyl (C=O) groups is 1. The summed E-state index contributed by atoms with van der Waals surface area (Å²) in [5, 5.41) is 11.3. The fraction of sp³-hybridized carbons (Fsp3) is 0.357. The van der Waals surface area contributed by atoms with E-state index in [9.17, 15) is 9.18 Å². The van der Waals surface area contributed by atoms with Gasteiger partial charge >= 0.3 is 0 Å². The second kappa shape index (κ2) is 5.65. The van der Waals surface area contributed by atoms with E-state index in [1.807, 2.05) is 0 Å². The topological polar surface area (TPSA) is 49.3 Å². The zero-order valence-electron chi connectivity index (χ0n) is 9.87. The van der Waals surface area contributed by atoms with E-state index in [-0.39, 0.29) is 24.1 Å². The van der Waals surface area contributed by atoms with Gasteiger partial charge in [0.15, 0.2) is 0 Å². The summed E-state index contributed by atoms with van der Waals surface area (Å²) in [4.78, 5) is 11.8. The van der Waals surface area contributed by atoms with E-state index in [0.29, 0.717) is 12.0 Å². The van der Waals surface area contributed by atoms with Crippen LogP contribution in [0.1, 0.15) is 35.2 Å². The number of carbonyl (C=O) groups excluding carboxylic acids is 1. The van der Waals surface area contributed by atoms with Gasteiger partial charge in [0, 0.05) is 18.0 Å². The summed E-state index contributed by atoms with van der Waals surface area (Å²) >= 11 is 0. The predicted molar refractivity (Wildman–Crippen MR) is 65.5 cm³/mol. The van der Waals surface area contributed by atoms with Gasteiger partial charge in [-0.1, -0.05) is 11.8 Å². The molecule has 4 heteroatoms. The second-order valence-corrected chi connectivity index (χ2v) is 4.22. The molecule has 2 N–H and O–H groups in total. The molecule has 0 heterocycles. The van der Waals surface area contributed by atoms with Gasteiger partial charge in [0.05, 0.1) is 12.2 Å². The standard InChI is InChI=1S/C14H14FNO2/c15-13-7-4-10(3-1-2-8-17)9-12(13)14(18)16-11-5-6-11/h4,7,9,11,17H,2,5-6,8H2,(H,16,18). The number of nitrogens with one attached hydrogen (secondary N) is 1. The Kier molecular flexibility index (Phi) is 3.96. The molecule has 0 aromatic heterocycles. The first kappa shape index (κ1) is 12.6. The predicted octanol–water partition coefficient (Wildman–Crippen LogP) is 1.45. The minimum atomic E-state index is -0.541. The van der Waals surface area contributed by atoms with Crippen molar-refractivity contribution in [2.24, 2.45) is 0 Å². The summed E-state index contributed by atoms with van der Waals surface area (Å²) in [6, 6.07) is 4.40. The van der Waals surface area contributed by atoms with Crippen molar-refractivity contribution in [3.05, 3.63) is 35.1 Å². The van der Waals surface area contributed by atoms with Gasteiger partial charge in [-0.2, -0.15) is 0 Å². The summed E-state index contributed by atoms with van der Waals surface area (Å²) in [5.74, 6) is 4.59. The fourth-order valence-electron chi connectivity index (χ4n) is 1.49. The summed E-state index contributed by atoms with van der Waals surface area (Å²) in [5.41, 5.74) is 0.600. The molecule has 1 saturated carbocycles. The van der Waals surface area contributed by atoms with E-state index in [0.717, 1.165) is 12.8 Å². The lowest BCUT2D eigenvalue weighted by molar-refractivity contribution is 0.0947. The first-order valence-electron chi connectivity index (χ1n) is 5.91. The van der Waals surface area contributed by atoms with Crippen molar-refractivity contribution in [3.63, 3.8) is 0 Å². The molecular weight excluding hydrogens is 233 g/mol. The highest BCUT2D eigenvalue weighted by molar-refractivity contribution is 5.95. The Balaban J connectivity index is 2.15. The Hall–Kier alpha value is -1.86. The third-order valence-corrected chi connectivity index (χ3v) is 2.59. The molecule has 1 aromatic carbocycles. The molecule has 18 heavy (non-hydrogen) atoms. The summed E-state index contributed by atoms with van der Waals surface area (Å²) in [7, 11) is 0. The van der Waals surface area contributed by atoms with Crippen LogP contribution in [0.5, 0.6) is 0 Å². The maximum Gasteiger partial charge on any atom is 0.254 e. The second-order valence-electron chi connectivity index (χ2n) is 4.22. The summed E-state index contributed by atoms with van der Waals surface area (Å²) in [6.45, 7) is -0.0107. The number of hydrogen-bond donors (Lipinski definition) is 2. The molecule has 1 amide bonds. The monoisotopic (exact) mass is 247 g/mol. The fourth-order valence-corrected chi connectivity index (χ4v) is 1.49. The summed E-state index contributed by atoms with van der Waals surface area (Å²) in [6.07, 6.45) is 2.29. The Morgan fingerprint density at radius 1 is 1.50 bits per heavy atom. The number of benzene rings is 1. The summed E-state index contributed by atoms with van der Waals surface area (Å²) < 4.78 is 13.5. The molecule has 1 aliphatic rings. The van der Waals surface area contributed by atoms with Crippen LogP contribution in [0, 0.1) is 17.7 Å². The van der Waals surface area contributed by atoms with Gasteiger partial charge in [-0.3, -0.25) is 4.79 Å². The highest BCUT2D eigenvalue weighted by atomic mass is 19.1. The van der Waals surface area contributed by atoms with Gasteiger partial charge in [-0.25, -0.2) is 4.39 Å². The SMILES string of the molecule is O=C(NC1CC1)c1cc(C#CCCO)ccc1F. The lowest BCUT2D eigenvalue weighted by Gasteiger charge is -2.04. The number of rotatable bonds is 3. The largest absolute Gasteiger partial charge is 0.395 e. The number of aliphatic hydroxyl groups excluding tert-OH is 1. The van der Waals surface area contributed by atoms with E-state index in [1.54, 1.807) is 0 Å². The molecule has 0 atom stereocenters. The Labute approximate surface area is 105 Å². The Bertz CT molecular complexity index is 512. The average molecular weight is 247 g/mol. The molecule has 1 fully saturated rings. The number of aliphatic hydroxyl groups is 1. The highest BCUT2D eigenvalue weighted by Gasteiger charge is 2.25. The Morgan fingerprint density at radius 3 is 2.94 bits per heavy atom. The van der Waals surface area contributed by atoms with Crippen molar-refractivity contribution < 1.29 is 14.3 Å². The van der Waals surface area contributed by atoms with Crippen LogP contribution in [0.4, 0.5) is 4.39 Å². The van der Waals surface area contributed by atoms with E-state index in [1.165, 1.54) is 18.2 Å². The van der Waals surface area contributed by atoms with Crippen LogP contribution < -0.4 is 5.32 Å². The average Bonchev–Trinajstić information content (AvgIpc) is 3.15. The molecule has 0 unspecified atom stereocenters. The van der Waals surface area contributed by atoms with Gasteiger partial charge in [0.2, 0.25) is 0 Å². The normalized spacial score (nSPS) is 13.7. The lowest BCUT2D eigenvalue weighted by Crippen LogP contribution is -2.26. The number of halogens is 1. The molecule has 0 aliphatic heterocycles. The molecular formula is C14H14FNO2. The molecule has 1 aromatic rings. The van der Waals surface area contributed by atoms with Crippen LogP contribution in [0.2, 0.25) is 0 Å². The van der Waals surface area contributed by atoms with Gasteiger partial charge in [-0.05, 0) is 31.0 Å². The zero-order valence-corrected chi connectivity index (χ0v) is 9.87. The molecule has 0 saturated heterocycles. The number of hydrogen-bond acceptors (Lipinski definition) is 2. The number of amides is 1. The van der Waals surface area contributed by atoms with Crippen molar-refractivity contribution in [2.75, 3.05) is 6.61 Å². The molecule has 2 rings (SSSR count). The van der Waals surface area contributed by atoms with E-state index >= 15 is 0 Å². The zero-order chi connectivity index (χ0) is 13.0. The van der Waals surface area contributed by atoms with Gasteiger partial charge in [0.25, 0.3) is 5.91 Å². The minimum Gasteiger partial charge on any atom is -0.395 e. The van der Waals surface area contributed by atoms with E-state index in [2.05, 4.69) is 17.2 Å². The van der Waals surface area contributed by atoms with Crippen LogP contribution in [-0.4, -0.2) is 23.7 Å². The van der Waals surface area contributed by atoms with Crippen molar-refractivity contribution in [1.82, 2.24) is 5.32 Å². The van der Waals surface area contributed by atoms with Crippen molar-refractivity contribution in [2.45, 2.75) is 25.3 Å². The van der Waals surface area contributed by atoms with Crippen molar-refractivity contribution in [1.29, 1.82) is 0 Å². The molecule has 3 nitrogen and oxygen atoms in total. The third-order valence-electron chi connectivity index (χ3n) is 2.59. The third kappa shape index (κ3) is 3.31. The van der Waals surface area contributed by atoms with Crippen molar-refractivity contribution >= 4 is 5.91 Å². The van der Waals surface area contributed by atoms with Crippen LogP contribution in [-0.2, 0) is 0 Å². The van der Waals surface area contributed by atoms with Crippen LogP contribution in [0.25, 0.3) is 0 Å². The smallest absolute Gasteiger partial charge is 0.254 e. The molecule has 0 radical (unpaired) electrons. The van der Waals surface area contributed by atoms with Crippen LogP contribution >= 0.6 is 0 Å². The van der Waals surface area contributed by atoms with Crippen molar-refractivity contribution in [3.8, 4) is 11.8 Å². The van der Waals surface area contributed by atoms with Gasteiger partial charge in [0.1, 0.15) is 5.82 Å². The first-order valence-corrected chi connectivity index (χ1v) is 5.91. The molecule has 94 valence electrons. The van der Waals surface area contributed by atoms with Gasteiger partial charge < -0.3 is 10.4 Å². The maximum absolute atomic E-state index is 13.5. The van der Waals surface area contributed by atoms with E-state index < -0.39 is 5.82 Å². The lowest BCUT2D eigenvalue weighted by atomic mass is 10.1. The van der Waals surface area contributed by atoms with Crippen LogP contribution in [0.3, 0.4) is 0 Å². The minimum absolute atomic E-state index is 0.0107. The maximum atomic E-state index is 13.5. The van der Waals surface area contributed by atoms with Crippen LogP contribution in [0.15, 0.2) is 18.2 Å². The quantitative estimate of drug-likeness (QED) is 0.794. The highest BCUT2D eigenvalue weighted by Crippen LogP contribution is 2.20. The molecule has 0 spiro atoms. The van der Waals surface area contributed by atoms with Gasteiger partial charge in [-0.15, -0.1) is 0 Å². The molecule has 1 aliphatic carbocycles. The Morgan fingerprint density at radius 2 is 2.28 bits per heavy atom. The first-order chi connectivity index (χ1) is 8.70.